The molecule has 2 aromatic rings. The SMILES string of the molecule is Cn1cccc1CC(=O)N/N=C/c1ccc[nH]1. The molecule has 0 aliphatic carbocycles. The van der Waals surface area contributed by atoms with Crippen molar-refractivity contribution in [3.8, 4) is 0 Å². The van der Waals surface area contributed by atoms with Crippen molar-refractivity contribution in [1.82, 2.24) is 15.0 Å². The molecule has 17 heavy (non-hydrogen) atoms. The van der Waals surface area contributed by atoms with Gasteiger partial charge in [-0.05, 0) is 24.3 Å². The van der Waals surface area contributed by atoms with Gasteiger partial charge in [0.25, 0.3) is 0 Å². The van der Waals surface area contributed by atoms with E-state index < -0.39 is 0 Å². The number of aromatic amines is 1. The highest BCUT2D eigenvalue weighted by Gasteiger charge is 2.04. The molecule has 0 aliphatic heterocycles. The molecule has 0 aromatic carbocycles. The van der Waals surface area contributed by atoms with Crippen LogP contribution in [0.2, 0.25) is 0 Å². The van der Waals surface area contributed by atoms with Crippen molar-refractivity contribution in [3.63, 3.8) is 0 Å². The van der Waals surface area contributed by atoms with E-state index in [1.54, 1.807) is 12.4 Å². The second-order valence-electron chi connectivity index (χ2n) is 3.71. The van der Waals surface area contributed by atoms with Crippen LogP contribution in [-0.2, 0) is 18.3 Å². The molecule has 5 heteroatoms. The topological polar surface area (TPSA) is 62.2 Å². The minimum absolute atomic E-state index is 0.130. The molecule has 0 spiro atoms. The predicted molar refractivity (Wildman–Crippen MR) is 65.6 cm³/mol. The zero-order chi connectivity index (χ0) is 12.1. The van der Waals surface area contributed by atoms with Crippen LogP contribution in [0.4, 0.5) is 0 Å². The maximum atomic E-state index is 11.5. The summed E-state index contributed by atoms with van der Waals surface area (Å²) < 4.78 is 1.91. The molecule has 2 rings (SSSR count). The molecular formula is C12H14N4O. The normalized spacial score (nSPS) is 10.9. The van der Waals surface area contributed by atoms with Crippen LogP contribution in [0.15, 0.2) is 41.8 Å². The minimum atomic E-state index is -0.130. The van der Waals surface area contributed by atoms with Gasteiger partial charge in [-0.2, -0.15) is 5.10 Å². The molecule has 5 nitrogen and oxygen atoms in total. The maximum Gasteiger partial charge on any atom is 0.245 e. The van der Waals surface area contributed by atoms with Crippen LogP contribution in [0.1, 0.15) is 11.4 Å². The summed E-state index contributed by atoms with van der Waals surface area (Å²) in [5, 5.41) is 3.86. The molecule has 0 unspecified atom stereocenters. The fraction of sp³-hybridized carbons (Fsp3) is 0.167. The van der Waals surface area contributed by atoms with Gasteiger partial charge < -0.3 is 9.55 Å². The van der Waals surface area contributed by atoms with Gasteiger partial charge in [0.05, 0.1) is 18.3 Å². The number of nitrogens with zero attached hydrogens (tertiary/aromatic N) is 2. The van der Waals surface area contributed by atoms with Gasteiger partial charge in [0.2, 0.25) is 5.91 Å². The molecule has 2 heterocycles. The average Bonchev–Trinajstić information content (AvgIpc) is 2.92. The van der Waals surface area contributed by atoms with Crippen molar-refractivity contribution in [3.05, 3.63) is 48.0 Å². The van der Waals surface area contributed by atoms with E-state index in [-0.39, 0.29) is 5.91 Å². The van der Waals surface area contributed by atoms with Gasteiger partial charge >= 0.3 is 0 Å². The number of amides is 1. The Labute approximate surface area is 99.2 Å². The van der Waals surface area contributed by atoms with E-state index in [1.165, 1.54) is 0 Å². The number of rotatable bonds is 4. The first-order chi connectivity index (χ1) is 8.25. The monoisotopic (exact) mass is 230 g/mol. The summed E-state index contributed by atoms with van der Waals surface area (Å²) in [5.74, 6) is -0.130. The van der Waals surface area contributed by atoms with Crippen molar-refractivity contribution >= 4 is 12.1 Å². The van der Waals surface area contributed by atoms with Crippen LogP contribution in [0, 0.1) is 0 Å². The van der Waals surface area contributed by atoms with Gasteiger partial charge in [-0.3, -0.25) is 4.79 Å². The van der Waals surface area contributed by atoms with Gasteiger partial charge in [-0.15, -0.1) is 0 Å². The first-order valence-electron chi connectivity index (χ1n) is 5.31. The number of aromatic nitrogens is 2. The zero-order valence-corrected chi connectivity index (χ0v) is 9.55. The van der Waals surface area contributed by atoms with Crippen LogP contribution in [0.3, 0.4) is 0 Å². The Bertz CT molecular complexity index is 510. The summed E-state index contributed by atoms with van der Waals surface area (Å²) in [6.45, 7) is 0. The standard InChI is InChI=1S/C12H14N4O/c1-16-7-3-5-11(16)8-12(17)15-14-9-10-4-2-6-13-10/h2-7,9,13H,8H2,1H3,(H,15,17)/b14-9+. The lowest BCUT2D eigenvalue weighted by atomic mass is 10.3. The molecule has 2 aromatic heterocycles. The summed E-state index contributed by atoms with van der Waals surface area (Å²) in [6.07, 6.45) is 5.60. The highest BCUT2D eigenvalue weighted by atomic mass is 16.2. The van der Waals surface area contributed by atoms with Gasteiger partial charge in [0.15, 0.2) is 0 Å². The number of hydrazone groups is 1. The molecule has 0 saturated carbocycles. The minimum Gasteiger partial charge on any atom is -0.360 e. The fourth-order valence-corrected chi connectivity index (χ4v) is 1.48. The Hall–Kier alpha value is -2.30. The Morgan fingerprint density at radius 1 is 1.53 bits per heavy atom. The van der Waals surface area contributed by atoms with E-state index in [0.717, 1.165) is 11.4 Å². The number of aryl methyl sites for hydroxylation is 1. The molecule has 0 saturated heterocycles. The molecule has 1 amide bonds. The second kappa shape index (κ2) is 5.16. The van der Waals surface area contributed by atoms with E-state index in [2.05, 4.69) is 15.5 Å². The number of carbonyl (C=O) groups is 1. The first kappa shape index (κ1) is 11.2. The van der Waals surface area contributed by atoms with Crippen molar-refractivity contribution in [2.24, 2.45) is 12.1 Å². The number of H-pyrrole nitrogens is 1. The largest absolute Gasteiger partial charge is 0.360 e. The van der Waals surface area contributed by atoms with E-state index >= 15 is 0 Å². The zero-order valence-electron chi connectivity index (χ0n) is 9.55. The number of hydrogen-bond donors (Lipinski definition) is 2. The third-order valence-electron chi connectivity index (χ3n) is 2.41. The summed E-state index contributed by atoms with van der Waals surface area (Å²) in [6, 6.07) is 7.55. The predicted octanol–water partition coefficient (Wildman–Crippen LogP) is 1.05. The molecule has 0 bridgehead atoms. The smallest absolute Gasteiger partial charge is 0.245 e. The second-order valence-corrected chi connectivity index (χ2v) is 3.71. The van der Waals surface area contributed by atoms with Crippen LogP contribution in [0.5, 0.6) is 0 Å². The van der Waals surface area contributed by atoms with Crippen LogP contribution >= 0.6 is 0 Å². The van der Waals surface area contributed by atoms with Crippen LogP contribution < -0.4 is 5.43 Å². The number of carbonyl (C=O) groups excluding carboxylic acids is 1. The lowest BCUT2D eigenvalue weighted by Gasteiger charge is -2.01. The first-order valence-corrected chi connectivity index (χ1v) is 5.31. The number of nitrogens with one attached hydrogen (secondary N) is 2. The van der Waals surface area contributed by atoms with Crippen molar-refractivity contribution in [2.45, 2.75) is 6.42 Å². The fourth-order valence-electron chi connectivity index (χ4n) is 1.48. The van der Waals surface area contributed by atoms with Crippen molar-refractivity contribution in [1.29, 1.82) is 0 Å². The number of hydrogen-bond acceptors (Lipinski definition) is 2. The quantitative estimate of drug-likeness (QED) is 0.598. The Kier molecular flexibility index (Phi) is 3.40. The molecule has 2 N–H and O–H groups in total. The Balaban J connectivity index is 1.84. The molecular weight excluding hydrogens is 216 g/mol. The molecule has 0 aliphatic rings. The lowest BCUT2D eigenvalue weighted by molar-refractivity contribution is -0.120. The summed E-state index contributed by atoms with van der Waals surface area (Å²) in [4.78, 5) is 14.5. The average molecular weight is 230 g/mol. The molecule has 88 valence electrons. The molecule has 0 atom stereocenters. The van der Waals surface area contributed by atoms with Gasteiger partial charge in [-0.1, -0.05) is 0 Å². The van der Waals surface area contributed by atoms with Crippen molar-refractivity contribution in [2.75, 3.05) is 0 Å². The highest BCUT2D eigenvalue weighted by molar-refractivity contribution is 5.81. The summed E-state index contributed by atoms with van der Waals surface area (Å²) in [5.41, 5.74) is 4.29. The van der Waals surface area contributed by atoms with Crippen LogP contribution in [-0.4, -0.2) is 21.7 Å². The van der Waals surface area contributed by atoms with Crippen LogP contribution in [0.25, 0.3) is 0 Å². The lowest BCUT2D eigenvalue weighted by Crippen LogP contribution is -2.20. The van der Waals surface area contributed by atoms with Gasteiger partial charge in [-0.25, -0.2) is 5.43 Å². The Morgan fingerprint density at radius 2 is 2.41 bits per heavy atom. The summed E-state index contributed by atoms with van der Waals surface area (Å²) >= 11 is 0. The van der Waals surface area contributed by atoms with E-state index in [0.29, 0.717) is 6.42 Å². The summed E-state index contributed by atoms with van der Waals surface area (Å²) in [7, 11) is 1.91. The van der Waals surface area contributed by atoms with E-state index in [4.69, 9.17) is 0 Å². The van der Waals surface area contributed by atoms with Gasteiger partial charge in [0.1, 0.15) is 0 Å². The highest BCUT2D eigenvalue weighted by Crippen LogP contribution is 2.00. The van der Waals surface area contributed by atoms with Crippen molar-refractivity contribution < 1.29 is 4.79 Å². The van der Waals surface area contributed by atoms with Gasteiger partial charge in [0, 0.05) is 25.1 Å². The van der Waals surface area contributed by atoms with E-state index in [9.17, 15) is 4.79 Å². The molecule has 0 fully saturated rings. The third-order valence-corrected chi connectivity index (χ3v) is 2.41. The third kappa shape index (κ3) is 3.07. The Morgan fingerprint density at radius 3 is 3.06 bits per heavy atom. The molecule has 0 radical (unpaired) electrons. The van der Waals surface area contributed by atoms with E-state index in [1.807, 2.05) is 42.1 Å². The maximum absolute atomic E-state index is 11.5.